The molecule has 6 nitrogen and oxygen atoms in total. The first-order valence-electron chi connectivity index (χ1n) is 10.6. The Hall–Kier alpha value is -4.32. The minimum Gasteiger partial charge on any atom is -0.507 e. The Morgan fingerprint density at radius 2 is 1.67 bits per heavy atom. The molecule has 2 N–H and O–H groups in total. The molecule has 1 amide bonds. The van der Waals surface area contributed by atoms with Gasteiger partial charge in [0.2, 0.25) is 0 Å². The predicted octanol–water partition coefficient (Wildman–Crippen LogP) is 4.80. The summed E-state index contributed by atoms with van der Waals surface area (Å²) in [5, 5.41) is 12.0. The van der Waals surface area contributed by atoms with E-state index in [1.54, 1.807) is 37.6 Å². The summed E-state index contributed by atoms with van der Waals surface area (Å²) in [7, 11) is 1.59. The molecular weight excluding hydrogens is 416 g/mol. The number of carbonyl (C=O) groups excluding carboxylic acids is 2. The van der Waals surface area contributed by atoms with Gasteiger partial charge in [-0.1, -0.05) is 60.7 Å². The van der Waals surface area contributed by atoms with Gasteiger partial charge in [-0.15, -0.1) is 0 Å². The maximum atomic E-state index is 13.2. The third kappa shape index (κ3) is 3.55. The second kappa shape index (κ2) is 8.31. The number of Topliss-reactive ketones (excluding diaryl/α,β-unsaturated/α-hetero) is 1. The van der Waals surface area contributed by atoms with Crippen LogP contribution in [0.25, 0.3) is 16.7 Å². The maximum Gasteiger partial charge on any atom is 0.295 e. The number of rotatable bonds is 5. The Balaban J connectivity index is 1.67. The van der Waals surface area contributed by atoms with Crippen molar-refractivity contribution in [1.29, 1.82) is 0 Å². The molecule has 2 heterocycles. The number of nitrogens with zero attached hydrogens (tertiary/aromatic N) is 1. The summed E-state index contributed by atoms with van der Waals surface area (Å²) in [6, 6.07) is 23.2. The highest BCUT2D eigenvalue weighted by molar-refractivity contribution is 6.46. The lowest BCUT2D eigenvalue weighted by atomic mass is 9.95. The zero-order valence-electron chi connectivity index (χ0n) is 18.0. The summed E-state index contributed by atoms with van der Waals surface area (Å²) in [5.74, 6) is -0.807. The number of carbonyl (C=O) groups is 2. The summed E-state index contributed by atoms with van der Waals surface area (Å²) in [6.45, 7) is 0.213. The van der Waals surface area contributed by atoms with Gasteiger partial charge in [-0.2, -0.15) is 0 Å². The van der Waals surface area contributed by atoms with Crippen molar-refractivity contribution < 1.29 is 19.4 Å². The molecule has 1 saturated heterocycles. The number of likely N-dealkylation sites (tertiary alicyclic amines) is 1. The molecule has 0 saturated carbocycles. The molecule has 0 aliphatic carbocycles. The Kier molecular flexibility index (Phi) is 5.18. The number of ether oxygens (including phenoxy) is 1. The Morgan fingerprint density at radius 1 is 0.970 bits per heavy atom. The number of methoxy groups -OCH3 is 1. The van der Waals surface area contributed by atoms with E-state index in [0.29, 0.717) is 11.3 Å². The van der Waals surface area contributed by atoms with Gasteiger partial charge < -0.3 is 19.7 Å². The number of ketones is 1. The Morgan fingerprint density at radius 3 is 2.39 bits per heavy atom. The lowest BCUT2D eigenvalue weighted by molar-refractivity contribution is -0.140. The number of H-pyrrole nitrogens is 1. The first-order chi connectivity index (χ1) is 16.1. The molecular formula is C27H22N2O4. The van der Waals surface area contributed by atoms with Crippen molar-refractivity contribution in [2.24, 2.45) is 0 Å². The number of hydrogen-bond donors (Lipinski definition) is 2. The monoisotopic (exact) mass is 438 g/mol. The van der Waals surface area contributed by atoms with Crippen LogP contribution in [0.4, 0.5) is 0 Å². The number of aromatic nitrogens is 1. The summed E-state index contributed by atoms with van der Waals surface area (Å²) < 4.78 is 5.22. The second-order valence-corrected chi connectivity index (χ2v) is 7.93. The quantitative estimate of drug-likeness (QED) is 0.266. The van der Waals surface area contributed by atoms with Gasteiger partial charge in [0.1, 0.15) is 11.5 Å². The number of benzene rings is 3. The van der Waals surface area contributed by atoms with Crippen molar-refractivity contribution in [3.63, 3.8) is 0 Å². The van der Waals surface area contributed by atoms with Crippen molar-refractivity contribution in [3.05, 3.63) is 107 Å². The molecule has 0 bridgehead atoms. The van der Waals surface area contributed by atoms with Crippen LogP contribution >= 0.6 is 0 Å². The van der Waals surface area contributed by atoms with Gasteiger partial charge in [-0.25, -0.2) is 0 Å². The van der Waals surface area contributed by atoms with E-state index in [2.05, 4.69) is 4.98 Å². The van der Waals surface area contributed by atoms with Crippen LogP contribution in [0.5, 0.6) is 5.75 Å². The summed E-state index contributed by atoms with van der Waals surface area (Å²) >= 11 is 0. The van der Waals surface area contributed by atoms with Crippen LogP contribution in [-0.4, -0.2) is 33.8 Å². The Bertz CT molecular complexity index is 1370. The molecule has 4 aromatic rings. The fourth-order valence-electron chi connectivity index (χ4n) is 4.37. The van der Waals surface area contributed by atoms with Crippen LogP contribution in [0, 0.1) is 0 Å². The molecule has 1 fully saturated rings. The summed E-state index contributed by atoms with van der Waals surface area (Å²) in [4.78, 5) is 31.2. The van der Waals surface area contributed by atoms with Crippen LogP contribution < -0.4 is 4.74 Å². The van der Waals surface area contributed by atoms with Gasteiger partial charge in [-0.05, 0) is 23.8 Å². The van der Waals surface area contributed by atoms with E-state index >= 15 is 0 Å². The molecule has 164 valence electrons. The molecule has 3 aromatic carbocycles. The molecule has 5 rings (SSSR count). The SMILES string of the molecule is COc1ccc(CN2C(=O)C(=O)/C(=C(/O)c3ccccc3)C2c2c[nH]c3ccccc23)cc1. The van der Waals surface area contributed by atoms with Crippen molar-refractivity contribution in [3.8, 4) is 5.75 Å². The number of nitrogens with one attached hydrogen (secondary N) is 1. The van der Waals surface area contributed by atoms with E-state index in [-0.39, 0.29) is 17.9 Å². The van der Waals surface area contributed by atoms with Crippen LogP contribution in [0.3, 0.4) is 0 Å². The molecule has 33 heavy (non-hydrogen) atoms. The fourth-order valence-corrected chi connectivity index (χ4v) is 4.37. The van der Waals surface area contributed by atoms with Gasteiger partial charge in [-0.3, -0.25) is 9.59 Å². The van der Waals surface area contributed by atoms with E-state index in [1.807, 2.05) is 54.6 Å². The largest absolute Gasteiger partial charge is 0.507 e. The Labute approximate surface area is 190 Å². The average Bonchev–Trinajstić information content (AvgIpc) is 3.39. The van der Waals surface area contributed by atoms with Gasteiger partial charge in [0, 0.05) is 34.8 Å². The van der Waals surface area contributed by atoms with Crippen LogP contribution in [0.1, 0.15) is 22.7 Å². The third-order valence-corrected chi connectivity index (χ3v) is 6.01. The maximum absolute atomic E-state index is 13.2. The molecule has 1 aromatic heterocycles. The van der Waals surface area contributed by atoms with Crippen molar-refractivity contribution in [2.75, 3.05) is 7.11 Å². The highest BCUT2D eigenvalue weighted by Gasteiger charge is 2.46. The number of hydrogen-bond acceptors (Lipinski definition) is 4. The molecule has 1 atom stereocenters. The van der Waals surface area contributed by atoms with Gasteiger partial charge in [0.25, 0.3) is 11.7 Å². The van der Waals surface area contributed by atoms with Gasteiger partial charge >= 0.3 is 0 Å². The van der Waals surface area contributed by atoms with Crippen LogP contribution in [0.15, 0.2) is 90.6 Å². The molecule has 1 unspecified atom stereocenters. The first-order valence-corrected chi connectivity index (χ1v) is 10.6. The molecule has 0 spiro atoms. The van der Waals surface area contributed by atoms with Gasteiger partial charge in [0.15, 0.2) is 0 Å². The first kappa shape index (κ1) is 20.6. The van der Waals surface area contributed by atoms with E-state index < -0.39 is 17.7 Å². The lowest BCUT2D eigenvalue weighted by Crippen LogP contribution is -2.29. The molecule has 1 aliphatic heterocycles. The topological polar surface area (TPSA) is 82.6 Å². The standard InChI is InChI=1S/C27H22N2O4/c1-33-19-13-11-17(12-14-19)16-29-24(21-15-28-22-10-6-5-9-20(21)22)23(26(31)27(29)32)25(30)18-7-3-2-4-8-18/h2-15,24,28,30H,16H2,1H3/b25-23+. The van der Waals surface area contributed by atoms with Crippen molar-refractivity contribution in [1.82, 2.24) is 9.88 Å². The lowest BCUT2D eigenvalue weighted by Gasteiger charge is -2.25. The van der Waals surface area contributed by atoms with Crippen molar-refractivity contribution >= 4 is 28.4 Å². The second-order valence-electron chi connectivity index (χ2n) is 7.93. The number of amides is 1. The fraction of sp³-hybridized carbons (Fsp3) is 0.111. The average molecular weight is 438 g/mol. The van der Waals surface area contributed by atoms with E-state index in [4.69, 9.17) is 4.74 Å². The van der Waals surface area contributed by atoms with Crippen molar-refractivity contribution in [2.45, 2.75) is 12.6 Å². The van der Waals surface area contributed by atoms with Crippen LogP contribution in [0.2, 0.25) is 0 Å². The van der Waals surface area contributed by atoms with Gasteiger partial charge in [0.05, 0.1) is 18.7 Å². The number of aliphatic hydroxyl groups excluding tert-OH is 1. The zero-order chi connectivity index (χ0) is 22.9. The molecule has 6 heteroatoms. The molecule has 0 radical (unpaired) electrons. The van der Waals surface area contributed by atoms with E-state index in [1.165, 1.54) is 4.90 Å². The highest BCUT2D eigenvalue weighted by atomic mass is 16.5. The summed E-state index contributed by atoms with van der Waals surface area (Å²) in [6.07, 6.45) is 1.81. The predicted molar refractivity (Wildman–Crippen MR) is 126 cm³/mol. The van der Waals surface area contributed by atoms with E-state index in [9.17, 15) is 14.7 Å². The normalized spacial score (nSPS) is 17.6. The number of aromatic amines is 1. The summed E-state index contributed by atoms with van der Waals surface area (Å²) in [5.41, 5.74) is 3.08. The zero-order valence-corrected chi connectivity index (χ0v) is 18.0. The van der Waals surface area contributed by atoms with Crippen LogP contribution in [-0.2, 0) is 16.1 Å². The highest BCUT2D eigenvalue weighted by Crippen LogP contribution is 2.42. The number of para-hydroxylation sites is 1. The smallest absolute Gasteiger partial charge is 0.295 e. The minimum absolute atomic E-state index is 0.0875. The number of fused-ring (bicyclic) bond motifs is 1. The molecule has 1 aliphatic rings. The van der Waals surface area contributed by atoms with E-state index in [0.717, 1.165) is 22.0 Å². The third-order valence-electron chi connectivity index (χ3n) is 6.01. The number of aliphatic hydroxyl groups is 1. The minimum atomic E-state index is -0.733.